The van der Waals surface area contributed by atoms with E-state index >= 15 is 0 Å². The van der Waals surface area contributed by atoms with Crippen molar-refractivity contribution >= 4 is 51.0 Å². The van der Waals surface area contributed by atoms with Gasteiger partial charge in [-0.15, -0.1) is 0 Å². The summed E-state index contributed by atoms with van der Waals surface area (Å²) in [6, 6.07) is 58.9. The summed E-state index contributed by atoms with van der Waals surface area (Å²) in [5.74, 6) is 0. The van der Waals surface area contributed by atoms with Crippen LogP contribution in [0.3, 0.4) is 0 Å². The average molecular weight is 701 g/mol. The third kappa shape index (κ3) is 4.28. The van der Waals surface area contributed by atoms with Crippen molar-refractivity contribution in [3.05, 3.63) is 204 Å². The van der Waals surface area contributed by atoms with Crippen molar-refractivity contribution in [3.63, 3.8) is 0 Å². The zero-order valence-corrected chi connectivity index (χ0v) is 29.8. The molecule has 0 saturated heterocycles. The van der Waals surface area contributed by atoms with Gasteiger partial charge in [-0.05, 0) is 93.6 Å². The Kier molecular flexibility index (Phi) is 6.73. The van der Waals surface area contributed by atoms with Crippen LogP contribution < -0.4 is 5.32 Å². The minimum atomic E-state index is -0.449. The number of benzene rings is 7. The number of allylic oxidation sites excluding steroid dienone is 2. The fourth-order valence-electron chi connectivity index (χ4n) is 8.78. The number of para-hydroxylation sites is 2. The normalized spacial score (nSPS) is 15.0. The molecule has 2 nitrogen and oxygen atoms in total. The minimum Gasteiger partial charge on any atom is -0.381 e. The van der Waals surface area contributed by atoms with Crippen LogP contribution in [0.4, 0.5) is 0 Å². The number of hydrogen-bond donors (Lipinski definition) is 1. The molecule has 11 rings (SSSR count). The van der Waals surface area contributed by atoms with Gasteiger partial charge in [0.15, 0.2) is 0 Å². The number of dihydropyridines is 1. The van der Waals surface area contributed by atoms with Crippen LogP contribution in [0.2, 0.25) is 0 Å². The van der Waals surface area contributed by atoms with E-state index in [2.05, 4.69) is 186 Å². The summed E-state index contributed by atoms with van der Waals surface area (Å²) in [4.78, 5) is 5.24. The molecule has 0 saturated carbocycles. The molecule has 7 aromatic carbocycles. The van der Waals surface area contributed by atoms with E-state index in [0.717, 1.165) is 6.54 Å². The van der Waals surface area contributed by atoms with Gasteiger partial charge in [0.25, 0.3) is 0 Å². The molecular formula is C48H32N2S2. The lowest BCUT2D eigenvalue weighted by Gasteiger charge is -2.45. The van der Waals surface area contributed by atoms with Crippen molar-refractivity contribution in [3.8, 4) is 16.8 Å². The molecule has 4 heteroatoms. The Morgan fingerprint density at radius 2 is 1.13 bits per heavy atom. The van der Waals surface area contributed by atoms with Gasteiger partial charge in [0.05, 0.1) is 16.4 Å². The van der Waals surface area contributed by atoms with Gasteiger partial charge in [0.2, 0.25) is 0 Å². The fraction of sp³-hybridized carbons (Fsp3) is 0.0417. The highest BCUT2D eigenvalue weighted by Gasteiger charge is 2.48. The second kappa shape index (κ2) is 11.7. The molecule has 0 bridgehead atoms. The Labute approximate surface area is 311 Å². The van der Waals surface area contributed by atoms with Crippen molar-refractivity contribution < 1.29 is 0 Å². The van der Waals surface area contributed by atoms with Crippen molar-refractivity contribution in [2.24, 2.45) is 0 Å². The Hall–Kier alpha value is -5.68. The first kappa shape index (κ1) is 30.0. The van der Waals surface area contributed by atoms with Crippen LogP contribution in [0.5, 0.6) is 0 Å². The van der Waals surface area contributed by atoms with E-state index < -0.39 is 5.41 Å². The number of nitrogens with zero attached hydrogens (tertiary/aromatic N) is 1. The summed E-state index contributed by atoms with van der Waals surface area (Å²) in [5.41, 5.74) is 13.4. The molecule has 0 radical (unpaired) electrons. The SMILES string of the molecule is C1=CCNC(c2ccc3c(c2)Sc2cc(-c4cccc5c4c4ccccc4n5-c4ccccc4)ccc2C32c3ccccc3Sc3ccccc32)=C1. The molecule has 1 aromatic heterocycles. The topological polar surface area (TPSA) is 17.0 Å². The maximum absolute atomic E-state index is 3.60. The number of nitrogens with one attached hydrogen (secondary N) is 1. The molecule has 3 aliphatic rings. The highest BCUT2D eigenvalue weighted by Crippen LogP contribution is 2.62. The van der Waals surface area contributed by atoms with E-state index in [1.54, 1.807) is 0 Å². The first-order valence-corrected chi connectivity index (χ1v) is 19.5. The second-order valence-corrected chi connectivity index (χ2v) is 15.8. The van der Waals surface area contributed by atoms with Gasteiger partial charge in [-0.25, -0.2) is 0 Å². The highest BCUT2D eigenvalue weighted by molar-refractivity contribution is 8.00. The summed E-state index contributed by atoms with van der Waals surface area (Å²) < 4.78 is 2.41. The van der Waals surface area contributed by atoms with Crippen LogP contribution in [0.15, 0.2) is 196 Å². The summed E-state index contributed by atoms with van der Waals surface area (Å²) in [5, 5.41) is 6.15. The molecule has 1 N–H and O–H groups in total. The van der Waals surface area contributed by atoms with Crippen molar-refractivity contribution in [1.29, 1.82) is 0 Å². The number of rotatable bonds is 3. The molecule has 0 amide bonds. The number of hydrogen-bond acceptors (Lipinski definition) is 3. The van der Waals surface area contributed by atoms with Crippen molar-refractivity contribution in [2.45, 2.75) is 25.0 Å². The molecule has 0 atom stereocenters. The second-order valence-electron chi connectivity index (χ2n) is 13.6. The standard InChI is InChI=1S/C48H32N2S2/c1-2-13-33(14-3-1)50-41-20-7-4-15-35(41)47-34(16-12-21-42(47)50)31-24-26-38-45(29-31)52-46-30-32(40-19-10-11-28-49-40)25-27-39(46)48(38)36-17-5-8-22-43(36)51-44-23-9-6-18-37(44)48/h1-27,29-30,49H,28H2. The van der Waals surface area contributed by atoms with E-state index in [1.165, 1.54) is 91.7 Å². The predicted molar refractivity (Wildman–Crippen MR) is 218 cm³/mol. The van der Waals surface area contributed by atoms with Crippen LogP contribution >= 0.6 is 23.5 Å². The number of fused-ring (bicyclic) bond motifs is 11. The number of aromatic nitrogens is 1. The third-order valence-electron chi connectivity index (χ3n) is 10.9. The van der Waals surface area contributed by atoms with Gasteiger partial charge in [-0.1, -0.05) is 145 Å². The molecule has 0 aliphatic carbocycles. The van der Waals surface area contributed by atoms with Gasteiger partial charge in [-0.2, -0.15) is 0 Å². The van der Waals surface area contributed by atoms with Gasteiger partial charge in [0, 0.05) is 48.3 Å². The van der Waals surface area contributed by atoms with E-state index in [9.17, 15) is 0 Å². The van der Waals surface area contributed by atoms with Gasteiger partial charge < -0.3 is 9.88 Å². The molecule has 4 heterocycles. The third-order valence-corrected chi connectivity index (χ3v) is 13.2. The van der Waals surface area contributed by atoms with Crippen LogP contribution in [0.1, 0.15) is 27.8 Å². The summed E-state index contributed by atoms with van der Waals surface area (Å²) in [6.45, 7) is 0.844. The molecule has 3 aliphatic heterocycles. The maximum Gasteiger partial charge on any atom is 0.0745 e. The highest BCUT2D eigenvalue weighted by atomic mass is 32.2. The Bertz CT molecular complexity index is 2760. The van der Waals surface area contributed by atoms with Gasteiger partial charge >= 0.3 is 0 Å². The predicted octanol–water partition coefficient (Wildman–Crippen LogP) is 12.3. The van der Waals surface area contributed by atoms with Crippen molar-refractivity contribution in [2.75, 3.05) is 6.54 Å². The van der Waals surface area contributed by atoms with Gasteiger partial charge in [-0.3, -0.25) is 0 Å². The lowest BCUT2D eigenvalue weighted by Crippen LogP contribution is -2.36. The lowest BCUT2D eigenvalue weighted by molar-refractivity contribution is 0.667. The fourth-order valence-corrected chi connectivity index (χ4v) is 11.2. The van der Waals surface area contributed by atoms with Crippen LogP contribution in [0.25, 0.3) is 44.3 Å². The summed E-state index contributed by atoms with van der Waals surface area (Å²) in [7, 11) is 0. The Morgan fingerprint density at radius 1 is 0.519 bits per heavy atom. The molecule has 0 fully saturated rings. The van der Waals surface area contributed by atoms with Crippen LogP contribution in [0, 0.1) is 0 Å². The van der Waals surface area contributed by atoms with E-state index in [4.69, 9.17) is 0 Å². The lowest BCUT2D eigenvalue weighted by atomic mass is 9.64. The van der Waals surface area contributed by atoms with Crippen LogP contribution in [-0.4, -0.2) is 11.1 Å². The van der Waals surface area contributed by atoms with Crippen molar-refractivity contribution in [1.82, 2.24) is 9.88 Å². The maximum atomic E-state index is 3.60. The van der Waals surface area contributed by atoms with E-state index in [-0.39, 0.29) is 0 Å². The van der Waals surface area contributed by atoms with Gasteiger partial charge in [0.1, 0.15) is 0 Å². The Balaban J connectivity index is 1.19. The molecule has 52 heavy (non-hydrogen) atoms. The average Bonchev–Trinajstić information content (AvgIpc) is 3.56. The van der Waals surface area contributed by atoms with E-state index in [0.29, 0.717) is 0 Å². The molecule has 0 unspecified atom stereocenters. The first-order valence-electron chi connectivity index (χ1n) is 17.8. The molecular weight excluding hydrogens is 669 g/mol. The quantitative estimate of drug-likeness (QED) is 0.198. The summed E-state index contributed by atoms with van der Waals surface area (Å²) in [6.07, 6.45) is 6.51. The first-order chi connectivity index (χ1) is 25.8. The molecule has 8 aromatic rings. The zero-order valence-electron chi connectivity index (χ0n) is 28.2. The van der Waals surface area contributed by atoms with E-state index in [1.807, 2.05) is 23.5 Å². The monoisotopic (exact) mass is 700 g/mol. The Morgan fingerprint density at radius 3 is 1.88 bits per heavy atom. The molecule has 246 valence electrons. The summed E-state index contributed by atoms with van der Waals surface area (Å²) >= 11 is 3.80. The largest absolute Gasteiger partial charge is 0.381 e. The zero-order chi connectivity index (χ0) is 34.2. The smallest absolute Gasteiger partial charge is 0.0745 e. The van der Waals surface area contributed by atoms with Crippen LogP contribution in [-0.2, 0) is 5.41 Å². The molecule has 1 spiro atoms. The minimum absolute atomic E-state index is 0.449.